The number of aromatic carboxylic acids is 1. The Morgan fingerprint density at radius 2 is 1.79 bits per heavy atom. The quantitative estimate of drug-likeness (QED) is 0.579. The van der Waals surface area contributed by atoms with Crippen LogP contribution in [0.4, 0.5) is 5.69 Å². The molecule has 0 aliphatic rings. The number of rotatable bonds is 4. The highest BCUT2D eigenvalue weighted by Gasteiger charge is 2.11. The maximum absolute atomic E-state index is 11.0. The van der Waals surface area contributed by atoms with Gasteiger partial charge in [0.1, 0.15) is 0 Å². The summed E-state index contributed by atoms with van der Waals surface area (Å²) >= 11 is 0. The zero-order valence-electron chi connectivity index (χ0n) is 12.4. The molecule has 6 nitrogen and oxygen atoms in total. The van der Waals surface area contributed by atoms with Crippen molar-refractivity contribution >= 4 is 34.7 Å². The van der Waals surface area contributed by atoms with Crippen LogP contribution in [0.15, 0.2) is 54.6 Å². The van der Waals surface area contributed by atoms with E-state index in [-0.39, 0.29) is 11.3 Å². The fraction of sp³-hybridized carbons (Fsp3) is 0. The number of carbonyl (C=O) groups is 1. The minimum Gasteiger partial charge on any atom is -0.478 e. The SMILES string of the molecule is O=C(O)c1ccc(/C=C\c2ccc3c([N+](=O)[O-])cccc3n2)cc1. The number of pyridine rings is 1. The maximum Gasteiger partial charge on any atom is 0.335 e. The van der Waals surface area contributed by atoms with Crippen LogP contribution in [0.1, 0.15) is 21.6 Å². The van der Waals surface area contributed by atoms with Crippen LogP contribution < -0.4 is 0 Å². The summed E-state index contributed by atoms with van der Waals surface area (Å²) in [5.41, 5.74) is 2.29. The first-order chi connectivity index (χ1) is 11.5. The van der Waals surface area contributed by atoms with Crippen molar-refractivity contribution in [1.29, 1.82) is 0 Å². The van der Waals surface area contributed by atoms with E-state index in [1.165, 1.54) is 18.2 Å². The largest absolute Gasteiger partial charge is 0.478 e. The van der Waals surface area contributed by atoms with Crippen LogP contribution >= 0.6 is 0 Å². The molecule has 6 heteroatoms. The minimum absolute atomic E-state index is 0.0276. The molecule has 118 valence electrons. The summed E-state index contributed by atoms with van der Waals surface area (Å²) in [6.45, 7) is 0. The second-order valence-corrected chi connectivity index (χ2v) is 5.10. The van der Waals surface area contributed by atoms with Gasteiger partial charge in [-0.05, 0) is 42.0 Å². The van der Waals surface area contributed by atoms with Crippen molar-refractivity contribution in [1.82, 2.24) is 4.98 Å². The molecule has 1 heterocycles. The highest BCUT2D eigenvalue weighted by atomic mass is 16.6. The van der Waals surface area contributed by atoms with Crippen molar-refractivity contribution in [3.05, 3.63) is 81.5 Å². The molecular formula is C18H12N2O4. The van der Waals surface area contributed by atoms with Crippen LogP contribution in [0.25, 0.3) is 23.1 Å². The van der Waals surface area contributed by atoms with E-state index in [9.17, 15) is 14.9 Å². The Bertz CT molecular complexity index is 962. The van der Waals surface area contributed by atoms with Crippen LogP contribution in [0.2, 0.25) is 0 Å². The van der Waals surface area contributed by atoms with Gasteiger partial charge in [0, 0.05) is 6.07 Å². The number of benzene rings is 2. The summed E-state index contributed by atoms with van der Waals surface area (Å²) in [5, 5.41) is 20.4. The van der Waals surface area contributed by atoms with E-state index in [4.69, 9.17) is 5.11 Å². The molecular weight excluding hydrogens is 308 g/mol. The van der Waals surface area contributed by atoms with Gasteiger partial charge in [-0.2, -0.15) is 0 Å². The monoisotopic (exact) mass is 320 g/mol. The number of nitro groups is 1. The second-order valence-electron chi connectivity index (χ2n) is 5.10. The lowest BCUT2D eigenvalue weighted by Crippen LogP contribution is -1.94. The van der Waals surface area contributed by atoms with Gasteiger partial charge in [-0.15, -0.1) is 0 Å². The smallest absolute Gasteiger partial charge is 0.335 e. The van der Waals surface area contributed by atoms with Gasteiger partial charge in [0.15, 0.2) is 0 Å². The van der Waals surface area contributed by atoms with Gasteiger partial charge in [0.05, 0.1) is 27.1 Å². The predicted molar refractivity (Wildman–Crippen MR) is 90.7 cm³/mol. The van der Waals surface area contributed by atoms with E-state index < -0.39 is 10.9 Å². The first kappa shape index (κ1) is 15.4. The van der Waals surface area contributed by atoms with Gasteiger partial charge in [-0.25, -0.2) is 9.78 Å². The number of hydrogen-bond donors (Lipinski definition) is 1. The van der Waals surface area contributed by atoms with E-state index in [0.29, 0.717) is 16.6 Å². The standard InChI is InChI=1S/C18H12N2O4/c21-18(22)13-7-4-12(5-8-13)6-9-14-10-11-15-16(19-14)2-1-3-17(15)20(23)24/h1-11H,(H,21,22)/b9-6-. The molecule has 24 heavy (non-hydrogen) atoms. The van der Waals surface area contributed by atoms with E-state index in [2.05, 4.69) is 4.98 Å². The molecule has 2 aromatic carbocycles. The maximum atomic E-state index is 11.0. The molecule has 0 amide bonds. The second kappa shape index (κ2) is 6.29. The van der Waals surface area contributed by atoms with Gasteiger partial charge in [0.25, 0.3) is 5.69 Å². The average molecular weight is 320 g/mol. The third-order valence-electron chi connectivity index (χ3n) is 3.53. The molecule has 0 spiro atoms. The van der Waals surface area contributed by atoms with Crippen LogP contribution in [0.5, 0.6) is 0 Å². The predicted octanol–water partition coefficient (Wildman–Crippen LogP) is 4.01. The van der Waals surface area contributed by atoms with Crippen molar-refractivity contribution in [2.24, 2.45) is 0 Å². The average Bonchev–Trinajstić information content (AvgIpc) is 2.59. The summed E-state index contributed by atoms with van der Waals surface area (Å²) in [5.74, 6) is -0.969. The number of nitrogens with zero attached hydrogens (tertiary/aromatic N) is 2. The van der Waals surface area contributed by atoms with Gasteiger partial charge in [-0.1, -0.05) is 24.3 Å². The lowest BCUT2D eigenvalue weighted by Gasteiger charge is -2.00. The molecule has 0 radical (unpaired) electrons. The summed E-state index contributed by atoms with van der Waals surface area (Å²) < 4.78 is 0. The Balaban J connectivity index is 1.90. The Kier molecular flexibility index (Phi) is 4.03. The number of nitro benzene ring substituents is 1. The topological polar surface area (TPSA) is 93.3 Å². The van der Waals surface area contributed by atoms with Crippen LogP contribution in [-0.4, -0.2) is 21.0 Å². The van der Waals surface area contributed by atoms with Crippen molar-refractivity contribution in [2.45, 2.75) is 0 Å². The number of hydrogen-bond acceptors (Lipinski definition) is 4. The fourth-order valence-electron chi connectivity index (χ4n) is 2.32. The van der Waals surface area contributed by atoms with Crippen LogP contribution in [-0.2, 0) is 0 Å². The third-order valence-corrected chi connectivity index (χ3v) is 3.53. The zero-order chi connectivity index (χ0) is 17.1. The Labute approximate surface area is 136 Å². The van der Waals surface area contributed by atoms with Crippen LogP contribution in [0, 0.1) is 10.1 Å². The Morgan fingerprint density at radius 1 is 1.04 bits per heavy atom. The van der Waals surface area contributed by atoms with Gasteiger partial charge in [-0.3, -0.25) is 10.1 Å². The summed E-state index contributed by atoms with van der Waals surface area (Å²) in [6, 6.07) is 14.6. The molecule has 0 unspecified atom stereocenters. The van der Waals surface area contributed by atoms with Gasteiger partial charge < -0.3 is 5.11 Å². The summed E-state index contributed by atoms with van der Waals surface area (Å²) in [6.07, 6.45) is 3.57. The first-order valence-corrected chi connectivity index (χ1v) is 7.10. The van der Waals surface area contributed by atoms with Gasteiger partial charge in [0.2, 0.25) is 0 Å². The van der Waals surface area contributed by atoms with E-state index in [1.54, 1.807) is 48.6 Å². The number of carboxylic acid groups (broad SMARTS) is 1. The number of non-ortho nitro benzene ring substituents is 1. The highest BCUT2D eigenvalue weighted by molar-refractivity contribution is 5.89. The third kappa shape index (κ3) is 3.12. The zero-order valence-corrected chi connectivity index (χ0v) is 12.4. The van der Waals surface area contributed by atoms with E-state index in [1.807, 2.05) is 0 Å². The normalized spacial score (nSPS) is 11.0. The first-order valence-electron chi connectivity index (χ1n) is 7.10. The van der Waals surface area contributed by atoms with Crippen molar-refractivity contribution in [3.63, 3.8) is 0 Å². The summed E-state index contributed by atoms with van der Waals surface area (Å²) in [7, 11) is 0. The summed E-state index contributed by atoms with van der Waals surface area (Å²) in [4.78, 5) is 25.8. The van der Waals surface area contributed by atoms with Crippen molar-refractivity contribution in [3.8, 4) is 0 Å². The molecule has 3 aromatic rings. The molecule has 0 saturated carbocycles. The van der Waals surface area contributed by atoms with Crippen LogP contribution in [0.3, 0.4) is 0 Å². The van der Waals surface area contributed by atoms with Gasteiger partial charge >= 0.3 is 5.97 Å². The molecule has 0 saturated heterocycles. The molecule has 0 atom stereocenters. The molecule has 0 aliphatic heterocycles. The minimum atomic E-state index is -0.969. The number of carboxylic acids is 1. The van der Waals surface area contributed by atoms with Crippen molar-refractivity contribution < 1.29 is 14.8 Å². The Hall–Kier alpha value is -3.54. The highest BCUT2D eigenvalue weighted by Crippen LogP contribution is 2.24. The van der Waals surface area contributed by atoms with E-state index >= 15 is 0 Å². The lowest BCUT2D eigenvalue weighted by molar-refractivity contribution is -0.383. The molecule has 1 N–H and O–H groups in total. The van der Waals surface area contributed by atoms with Crippen molar-refractivity contribution in [2.75, 3.05) is 0 Å². The fourth-order valence-corrected chi connectivity index (χ4v) is 2.32. The molecule has 3 rings (SSSR count). The Morgan fingerprint density at radius 3 is 2.46 bits per heavy atom. The number of aromatic nitrogens is 1. The molecule has 0 fully saturated rings. The lowest BCUT2D eigenvalue weighted by atomic mass is 10.1. The molecule has 1 aromatic heterocycles. The molecule has 0 bridgehead atoms. The van der Waals surface area contributed by atoms with E-state index in [0.717, 1.165) is 5.56 Å². The number of fused-ring (bicyclic) bond motifs is 1. The molecule has 0 aliphatic carbocycles.